The Bertz CT molecular complexity index is 514. The molecule has 0 saturated heterocycles. The van der Waals surface area contributed by atoms with Gasteiger partial charge in [-0.2, -0.15) is 0 Å². The molecule has 0 spiro atoms. The second-order valence-corrected chi connectivity index (χ2v) is 3.79. The van der Waals surface area contributed by atoms with E-state index in [-0.39, 0.29) is 5.82 Å². The van der Waals surface area contributed by atoms with Gasteiger partial charge in [-0.1, -0.05) is 19.1 Å². The van der Waals surface area contributed by atoms with Crippen LogP contribution in [-0.2, 0) is 0 Å². The lowest BCUT2D eigenvalue weighted by molar-refractivity contribution is 0.581. The van der Waals surface area contributed by atoms with Crippen LogP contribution in [0.5, 0.6) is 0 Å². The van der Waals surface area contributed by atoms with Crippen LogP contribution in [0.15, 0.2) is 42.5 Å². The largest absolute Gasteiger partial charge is 0.207 e. The molecule has 0 heterocycles. The number of rotatable bonds is 2. The van der Waals surface area contributed by atoms with Crippen molar-refractivity contribution in [3.63, 3.8) is 0 Å². The van der Waals surface area contributed by atoms with E-state index < -0.39 is 11.6 Å². The van der Waals surface area contributed by atoms with Crippen LogP contribution in [-0.4, -0.2) is 0 Å². The molecule has 3 heteroatoms. The van der Waals surface area contributed by atoms with E-state index in [0.717, 1.165) is 6.07 Å². The van der Waals surface area contributed by atoms with Gasteiger partial charge in [0.25, 0.3) is 0 Å². The molecule has 0 unspecified atom stereocenters. The van der Waals surface area contributed by atoms with Crippen molar-refractivity contribution >= 4 is 0 Å². The Labute approximate surface area is 97.7 Å². The van der Waals surface area contributed by atoms with Gasteiger partial charge in [-0.3, -0.25) is 0 Å². The third-order valence-corrected chi connectivity index (χ3v) is 2.55. The summed E-state index contributed by atoms with van der Waals surface area (Å²) in [4.78, 5) is 0. The fourth-order valence-corrected chi connectivity index (χ4v) is 1.66. The second kappa shape index (κ2) is 4.62. The molecule has 17 heavy (non-hydrogen) atoms. The van der Waals surface area contributed by atoms with E-state index in [1.165, 1.54) is 24.3 Å². The van der Waals surface area contributed by atoms with E-state index in [1.807, 2.05) is 0 Å². The van der Waals surface area contributed by atoms with Crippen molar-refractivity contribution in [2.75, 3.05) is 0 Å². The summed E-state index contributed by atoms with van der Waals surface area (Å²) < 4.78 is 39.2. The van der Waals surface area contributed by atoms with E-state index in [1.54, 1.807) is 19.1 Å². The molecule has 2 aromatic carbocycles. The van der Waals surface area contributed by atoms with E-state index in [0.29, 0.717) is 17.0 Å². The van der Waals surface area contributed by atoms with Crippen LogP contribution in [0.3, 0.4) is 0 Å². The van der Waals surface area contributed by atoms with Crippen molar-refractivity contribution in [1.29, 1.82) is 0 Å². The number of halogens is 3. The molecule has 87 valence electrons. The Morgan fingerprint density at radius 1 is 0.765 bits per heavy atom. The predicted octanol–water partition coefficient (Wildman–Crippen LogP) is 4.09. The summed E-state index contributed by atoms with van der Waals surface area (Å²) in [5.41, 5.74) is 1.02. The monoisotopic (exact) mass is 235 g/mol. The molecule has 0 nitrogen and oxygen atoms in total. The maximum atomic E-state index is 13.1. The third kappa shape index (κ3) is 2.67. The summed E-state index contributed by atoms with van der Waals surface area (Å²) in [6.45, 7) is 1.70. The highest BCUT2D eigenvalue weighted by molar-refractivity contribution is 5.44. The smallest absolute Gasteiger partial charge is 0.126 e. The zero-order valence-corrected chi connectivity index (χ0v) is 9.18. The Morgan fingerprint density at radius 2 is 1.35 bits per heavy atom. The van der Waals surface area contributed by atoms with Crippen molar-refractivity contribution in [2.24, 2.45) is 0 Å². The first-order chi connectivity index (χ1) is 8.06. The average Bonchev–Trinajstić information content (AvgIpc) is 2.26. The van der Waals surface area contributed by atoms with Gasteiger partial charge in [-0.05, 0) is 35.4 Å². The van der Waals surface area contributed by atoms with E-state index >= 15 is 0 Å². The van der Waals surface area contributed by atoms with Crippen LogP contribution >= 0.6 is 0 Å². The number of hydrogen-bond acceptors (Lipinski definition) is 0. The molecule has 0 bridgehead atoms. The van der Waals surface area contributed by atoms with Gasteiger partial charge in [0, 0.05) is 12.0 Å². The van der Waals surface area contributed by atoms with Gasteiger partial charge in [-0.15, -0.1) is 0 Å². The second-order valence-electron chi connectivity index (χ2n) is 3.79. The lowest BCUT2D eigenvalue weighted by atomic mass is 9.93. The summed E-state index contributed by atoms with van der Waals surface area (Å²) >= 11 is 0. The average molecular weight is 235 g/mol. The molecule has 0 N–H and O–H groups in total. The highest BCUT2D eigenvalue weighted by Gasteiger charge is 2.12. The maximum absolute atomic E-state index is 13.1. The molecule has 0 amide bonds. The fraction of sp³-hybridized carbons (Fsp3) is 0.0714. The third-order valence-electron chi connectivity index (χ3n) is 2.55. The fourth-order valence-electron chi connectivity index (χ4n) is 1.66. The van der Waals surface area contributed by atoms with Gasteiger partial charge in [0.05, 0.1) is 0 Å². The molecule has 0 aromatic heterocycles. The molecule has 0 saturated carbocycles. The lowest BCUT2D eigenvalue weighted by Gasteiger charge is -2.12. The van der Waals surface area contributed by atoms with Crippen LogP contribution in [0.25, 0.3) is 0 Å². The molecular formula is C14H10F3. The molecular weight excluding hydrogens is 225 g/mol. The first-order valence-corrected chi connectivity index (χ1v) is 5.12. The lowest BCUT2D eigenvalue weighted by Crippen LogP contribution is -1.99. The highest BCUT2D eigenvalue weighted by atomic mass is 19.1. The summed E-state index contributed by atoms with van der Waals surface area (Å²) in [7, 11) is 0. The van der Waals surface area contributed by atoms with E-state index in [2.05, 4.69) is 0 Å². The topological polar surface area (TPSA) is 0 Å². The maximum Gasteiger partial charge on any atom is 0.126 e. The van der Waals surface area contributed by atoms with Gasteiger partial charge >= 0.3 is 0 Å². The minimum atomic E-state index is -0.643. The van der Waals surface area contributed by atoms with Crippen molar-refractivity contribution in [3.8, 4) is 0 Å². The summed E-state index contributed by atoms with van der Waals surface area (Å²) in [5, 5.41) is 0. The molecule has 0 aliphatic heterocycles. The molecule has 2 aromatic rings. The summed E-state index contributed by atoms with van der Waals surface area (Å²) in [6, 6.07) is 9.17. The summed E-state index contributed by atoms with van der Waals surface area (Å²) in [5.74, 6) is -1.03. The van der Waals surface area contributed by atoms with Crippen LogP contribution in [0.2, 0.25) is 0 Å². The Balaban J connectivity index is 2.39. The molecule has 2 rings (SSSR count). The van der Waals surface area contributed by atoms with Crippen molar-refractivity contribution in [3.05, 3.63) is 77.0 Å². The molecule has 0 fully saturated rings. The standard InChI is InChI=1S/C14H10F3/c1-9(10-3-2-4-12(15)5-10)11-6-13(16)8-14(17)7-11/h2-8H,1H3. The Morgan fingerprint density at radius 3 is 1.94 bits per heavy atom. The molecule has 0 aliphatic carbocycles. The zero-order valence-electron chi connectivity index (χ0n) is 9.18. The number of benzene rings is 2. The van der Waals surface area contributed by atoms with Gasteiger partial charge in [-0.25, -0.2) is 13.2 Å². The van der Waals surface area contributed by atoms with Crippen LogP contribution in [0.4, 0.5) is 13.2 Å². The Hall–Kier alpha value is -1.77. The van der Waals surface area contributed by atoms with Gasteiger partial charge in [0.1, 0.15) is 17.5 Å². The summed E-state index contributed by atoms with van der Waals surface area (Å²) in [6.07, 6.45) is 0. The first kappa shape index (κ1) is 11.7. The van der Waals surface area contributed by atoms with Crippen molar-refractivity contribution in [2.45, 2.75) is 6.92 Å². The van der Waals surface area contributed by atoms with E-state index in [4.69, 9.17) is 0 Å². The van der Waals surface area contributed by atoms with Crippen LogP contribution in [0.1, 0.15) is 18.1 Å². The minimum Gasteiger partial charge on any atom is -0.207 e. The van der Waals surface area contributed by atoms with E-state index in [9.17, 15) is 13.2 Å². The van der Waals surface area contributed by atoms with Crippen LogP contribution < -0.4 is 0 Å². The number of hydrogen-bond donors (Lipinski definition) is 0. The van der Waals surface area contributed by atoms with Gasteiger partial charge < -0.3 is 0 Å². The quantitative estimate of drug-likeness (QED) is 0.735. The van der Waals surface area contributed by atoms with Crippen molar-refractivity contribution < 1.29 is 13.2 Å². The predicted molar refractivity (Wildman–Crippen MR) is 59.9 cm³/mol. The molecule has 1 radical (unpaired) electrons. The normalized spacial score (nSPS) is 10.9. The first-order valence-electron chi connectivity index (χ1n) is 5.12. The Kier molecular flexibility index (Phi) is 3.18. The SMILES string of the molecule is C[C](c1cccc(F)c1)c1cc(F)cc(F)c1. The van der Waals surface area contributed by atoms with Gasteiger partial charge in [0.2, 0.25) is 0 Å². The van der Waals surface area contributed by atoms with Crippen LogP contribution in [0, 0.1) is 23.4 Å². The zero-order chi connectivity index (χ0) is 12.4. The highest BCUT2D eigenvalue weighted by Crippen LogP contribution is 2.24. The molecule has 0 atom stereocenters. The molecule has 0 aliphatic rings. The minimum absolute atomic E-state index is 0.376. The van der Waals surface area contributed by atoms with Gasteiger partial charge in [0.15, 0.2) is 0 Å². The van der Waals surface area contributed by atoms with Crippen molar-refractivity contribution in [1.82, 2.24) is 0 Å².